The summed E-state index contributed by atoms with van der Waals surface area (Å²) in [5.74, 6) is -2.69. The molecule has 0 aliphatic rings. The van der Waals surface area contributed by atoms with E-state index in [0.29, 0.717) is 6.42 Å². The van der Waals surface area contributed by atoms with Gasteiger partial charge in [0.1, 0.15) is 19.0 Å². The van der Waals surface area contributed by atoms with Crippen molar-refractivity contribution in [2.45, 2.75) is 44.5 Å². The molecule has 0 aliphatic carbocycles. The minimum absolute atomic E-state index is 0.107. The van der Waals surface area contributed by atoms with E-state index < -0.39 is 37.0 Å². The highest BCUT2D eigenvalue weighted by Crippen LogP contribution is 2.34. The summed E-state index contributed by atoms with van der Waals surface area (Å²) in [6.45, 7) is 5.38. The lowest BCUT2D eigenvalue weighted by Crippen LogP contribution is -2.63. The Morgan fingerprint density at radius 1 is 0.865 bits per heavy atom. The van der Waals surface area contributed by atoms with Crippen LogP contribution in [0.4, 0.5) is 4.39 Å². The van der Waals surface area contributed by atoms with Crippen LogP contribution in [-0.4, -0.2) is 30.3 Å². The normalized spacial score (nSPS) is 14.1. The van der Waals surface area contributed by atoms with Crippen molar-refractivity contribution in [3.05, 3.63) is 120 Å². The van der Waals surface area contributed by atoms with E-state index in [4.69, 9.17) is 9.47 Å². The van der Waals surface area contributed by atoms with Crippen molar-refractivity contribution < 1.29 is 28.6 Å². The monoisotopic (exact) mass is 520 g/mol. The second-order valence-electron chi connectivity index (χ2n) is 9.93. The van der Waals surface area contributed by atoms with Crippen LogP contribution in [0, 0.1) is 11.7 Å². The molecule has 0 fully saturated rings. The molecule has 0 bridgehead atoms. The molecule has 0 heterocycles. The Kier molecular flexibility index (Phi) is 9.55. The average molecular weight is 521 g/mol. The van der Waals surface area contributed by atoms with E-state index in [9.17, 15) is 19.1 Å². The summed E-state index contributed by atoms with van der Waals surface area (Å²) in [5.41, 5.74) is 1.95. The fourth-order valence-electron chi connectivity index (χ4n) is 4.08. The number of aliphatic hydroxyl groups is 1. The number of ether oxygens (including phenoxy) is 2. The van der Waals surface area contributed by atoms with Crippen LogP contribution in [-0.2, 0) is 38.7 Å². The number of benzene rings is 3. The molecule has 37 heavy (non-hydrogen) atoms. The second-order valence-corrected chi connectivity index (χ2v) is 15.2. The summed E-state index contributed by atoms with van der Waals surface area (Å²) < 4.78 is 25.0. The number of esters is 2. The predicted molar refractivity (Wildman–Crippen MR) is 144 cm³/mol. The minimum atomic E-state index is -2.70. The molecular formula is C30H33FO5Si. The molecule has 0 radical (unpaired) electrons. The number of carbonyl (C=O) groups is 2. The largest absolute Gasteiger partial charge is 0.459 e. The van der Waals surface area contributed by atoms with Crippen LogP contribution in [0.25, 0.3) is 0 Å². The van der Waals surface area contributed by atoms with Crippen molar-refractivity contribution in [2.24, 2.45) is 5.92 Å². The third-order valence-electron chi connectivity index (χ3n) is 6.29. The Bertz CT molecular complexity index is 1210. The standard InChI is InChI=1S/C30H33FO5Si/c1-37(2,3)30(34,29(33)36-22-25-16-10-11-17-27(25)31)26(20-23-12-6-4-7-13-23)18-19-28(32)35-21-24-14-8-5-9-15-24/h4-19,26,34H,20-22H2,1-3H3/b19-18+/t26-,30+/m0/s1. The summed E-state index contributed by atoms with van der Waals surface area (Å²) in [6.07, 6.45) is 3.08. The molecule has 2 atom stereocenters. The minimum Gasteiger partial charge on any atom is -0.459 e. The van der Waals surface area contributed by atoms with E-state index in [0.717, 1.165) is 11.1 Å². The second kappa shape index (κ2) is 12.6. The summed E-state index contributed by atoms with van der Waals surface area (Å²) in [6, 6.07) is 24.7. The van der Waals surface area contributed by atoms with Gasteiger partial charge in [0.15, 0.2) is 5.22 Å². The third-order valence-corrected chi connectivity index (χ3v) is 9.16. The lowest BCUT2D eigenvalue weighted by atomic mass is 9.92. The average Bonchev–Trinajstić information content (AvgIpc) is 2.89. The van der Waals surface area contributed by atoms with E-state index in [-0.39, 0.29) is 18.8 Å². The SMILES string of the molecule is C[Si](C)(C)[C@@](O)(C(=O)OCc1ccccc1F)[C@@H](/C=C/C(=O)OCc1ccccc1)Cc1ccccc1. The zero-order valence-corrected chi connectivity index (χ0v) is 22.4. The highest BCUT2D eigenvalue weighted by molar-refractivity contribution is 6.82. The van der Waals surface area contributed by atoms with Gasteiger partial charge in [-0.15, -0.1) is 0 Å². The summed E-state index contributed by atoms with van der Waals surface area (Å²) in [5, 5.41) is 10.1. The van der Waals surface area contributed by atoms with Gasteiger partial charge in [-0.05, 0) is 23.6 Å². The van der Waals surface area contributed by atoms with Gasteiger partial charge in [-0.25, -0.2) is 14.0 Å². The smallest absolute Gasteiger partial charge is 0.335 e. The Hall–Kier alpha value is -3.55. The summed E-state index contributed by atoms with van der Waals surface area (Å²) >= 11 is 0. The quantitative estimate of drug-likeness (QED) is 0.201. The van der Waals surface area contributed by atoms with Gasteiger partial charge in [-0.3, -0.25) is 0 Å². The van der Waals surface area contributed by atoms with E-state index in [1.807, 2.05) is 80.3 Å². The van der Waals surface area contributed by atoms with Crippen molar-refractivity contribution in [2.75, 3.05) is 0 Å². The van der Waals surface area contributed by atoms with Crippen molar-refractivity contribution in [1.82, 2.24) is 0 Å². The Morgan fingerprint density at radius 3 is 2.03 bits per heavy atom. The van der Waals surface area contributed by atoms with Crippen molar-refractivity contribution in [3.63, 3.8) is 0 Å². The van der Waals surface area contributed by atoms with Crippen LogP contribution >= 0.6 is 0 Å². The molecule has 0 spiro atoms. The van der Waals surface area contributed by atoms with E-state index >= 15 is 0 Å². The van der Waals surface area contributed by atoms with Crippen LogP contribution in [0.1, 0.15) is 16.7 Å². The topological polar surface area (TPSA) is 72.8 Å². The lowest BCUT2D eigenvalue weighted by Gasteiger charge is -2.41. The molecule has 194 valence electrons. The first kappa shape index (κ1) is 28.0. The molecule has 5 nitrogen and oxygen atoms in total. The third kappa shape index (κ3) is 7.47. The van der Waals surface area contributed by atoms with E-state index in [2.05, 4.69) is 0 Å². The number of hydrogen-bond acceptors (Lipinski definition) is 5. The van der Waals surface area contributed by atoms with Crippen molar-refractivity contribution in [3.8, 4) is 0 Å². The van der Waals surface area contributed by atoms with Crippen LogP contribution in [0.2, 0.25) is 19.6 Å². The van der Waals surface area contributed by atoms with Gasteiger partial charge in [-0.2, -0.15) is 0 Å². The van der Waals surface area contributed by atoms with Gasteiger partial charge in [0.05, 0.1) is 8.07 Å². The van der Waals surface area contributed by atoms with Gasteiger partial charge in [0.25, 0.3) is 0 Å². The predicted octanol–water partition coefficient (Wildman–Crippen LogP) is 5.64. The first-order valence-electron chi connectivity index (χ1n) is 12.2. The molecule has 0 aliphatic heterocycles. The zero-order valence-electron chi connectivity index (χ0n) is 21.4. The molecule has 0 unspecified atom stereocenters. The number of halogens is 1. The van der Waals surface area contributed by atoms with Gasteiger partial charge in [-0.1, -0.05) is 105 Å². The van der Waals surface area contributed by atoms with Crippen LogP contribution < -0.4 is 0 Å². The molecule has 0 saturated carbocycles. The fraction of sp³-hybridized carbons (Fsp3) is 0.267. The number of hydrogen-bond donors (Lipinski definition) is 1. The molecule has 0 amide bonds. The molecule has 7 heteroatoms. The van der Waals surface area contributed by atoms with Crippen molar-refractivity contribution in [1.29, 1.82) is 0 Å². The first-order chi connectivity index (χ1) is 17.6. The van der Waals surface area contributed by atoms with E-state index in [1.54, 1.807) is 12.1 Å². The highest BCUT2D eigenvalue weighted by atomic mass is 28.3. The van der Waals surface area contributed by atoms with Gasteiger partial charge in [0, 0.05) is 17.6 Å². The van der Waals surface area contributed by atoms with Crippen molar-refractivity contribution >= 4 is 20.0 Å². The Labute approximate surface area is 218 Å². The zero-order chi connectivity index (χ0) is 26.9. The Balaban J connectivity index is 1.86. The number of carbonyl (C=O) groups excluding carboxylic acids is 2. The van der Waals surface area contributed by atoms with Crippen LogP contribution in [0.3, 0.4) is 0 Å². The highest BCUT2D eigenvalue weighted by Gasteiger charge is 2.54. The number of rotatable bonds is 11. The van der Waals surface area contributed by atoms with E-state index in [1.165, 1.54) is 24.3 Å². The maximum atomic E-state index is 14.1. The maximum absolute atomic E-state index is 14.1. The summed E-state index contributed by atoms with van der Waals surface area (Å²) in [4.78, 5) is 26.0. The first-order valence-corrected chi connectivity index (χ1v) is 15.7. The molecule has 1 N–H and O–H groups in total. The molecule has 3 rings (SSSR count). The van der Waals surface area contributed by atoms with Crippen LogP contribution in [0.15, 0.2) is 97.1 Å². The molecule has 3 aromatic carbocycles. The summed E-state index contributed by atoms with van der Waals surface area (Å²) in [7, 11) is -2.70. The molecule has 0 saturated heterocycles. The maximum Gasteiger partial charge on any atom is 0.335 e. The van der Waals surface area contributed by atoms with Gasteiger partial charge >= 0.3 is 11.9 Å². The molecular weight excluding hydrogens is 487 g/mol. The fourth-order valence-corrected chi connectivity index (χ4v) is 6.07. The Morgan fingerprint density at radius 2 is 1.43 bits per heavy atom. The molecule has 3 aromatic rings. The lowest BCUT2D eigenvalue weighted by molar-refractivity contribution is -0.162. The van der Waals surface area contributed by atoms with Gasteiger partial charge in [0.2, 0.25) is 0 Å². The molecule has 0 aromatic heterocycles. The van der Waals surface area contributed by atoms with Crippen LogP contribution in [0.5, 0.6) is 0 Å². The van der Waals surface area contributed by atoms with Gasteiger partial charge < -0.3 is 14.6 Å².